The summed E-state index contributed by atoms with van der Waals surface area (Å²) in [6, 6.07) is 2.71. The second kappa shape index (κ2) is 3.73. The Morgan fingerprint density at radius 2 is 2.27 bits per heavy atom. The lowest BCUT2D eigenvalue weighted by Crippen LogP contribution is -2.16. The van der Waals surface area contributed by atoms with E-state index in [0.29, 0.717) is 16.6 Å². The predicted octanol–water partition coefficient (Wildman–Crippen LogP) is 2.16. The average molecular weight is 271 g/mol. The van der Waals surface area contributed by atoms with Gasteiger partial charge < -0.3 is 0 Å². The molecule has 0 saturated carbocycles. The Morgan fingerprint density at radius 1 is 1.53 bits per heavy atom. The first-order chi connectivity index (χ1) is 7.11. The van der Waals surface area contributed by atoms with Gasteiger partial charge in [-0.05, 0) is 28.4 Å². The van der Waals surface area contributed by atoms with Crippen LogP contribution in [0, 0.1) is 5.82 Å². The van der Waals surface area contributed by atoms with Crippen LogP contribution in [0.3, 0.4) is 0 Å². The van der Waals surface area contributed by atoms with Crippen LogP contribution >= 0.6 is 15.9 Å². The highest BCUT2D eigenvalue weighted by molar-refractivity contribution is 9.10. The number of halogens is 2. The molecule has 0 spiro atoms. The van der Waals surface area contributed by atoms with E-state index in [1.165, 1.54) is 22.7 Å². The van der Waals surface area contributed by atoms with Gasteiger partial charge in [-0.2, -0.15) is 0 Å². The van der Waals surface area contributed by atoms with Crippen molar-refractivity contribution in [2.75, 3.05) is 0 Å². The van der Waals surface area contributed by atoms with Gasteiger partial charge in [0.25, 0.3) is 5.56 Å². The SMILES string of the molecule is CCc1cc(=O)n2cc(Br)cc(F)c2n1. The Hall–Kier alpha value is -1.23. The molecule has 0 unspecified atom stereocenters. The summed E-state index contributed by atoms with van der Waals surface area (Å²) in [5, 5.41) is 0. The highest BCUT2D eigenvalue weighted by Gasteiger charge is 2.07. The molecule has 2 heterocycles. The third-order valence-electron chi connectivity index (χ3n) is 2.10. The number of rotatable bonds is 1. The lowest BCUT2D eigenvalue weighted by atomic mass is 10.3. The molecule has 2 aromatic heterocycles. The van der Waals surface area contributed by atoms with Gasteiger partial charge in [-0.25, -0.2) is 9.37 Å². The van der Waals surface area contributed by atoms with Gasteiger partial charge in [0.15, 0.2) is 11.5 Å². The van der Waals surface area contributed by atoms with Crippen molar-refractivity contribution in [1.82, 2.24) is 9.38 Å². The quantitative estimate of drug-likeness (QED) is 0.796. The van der Waals surface area contributed by atoms with Gasteiger partial charge in [0.1, 0.15) is 0 Å². The van der Waals surface area contributed by atoms with Gasteiger partial charge in [-0.3, -0.25) is 9.20 Å². The van der Waals surface area contributed by atoms with Crippen molar-refractivity contribution in [2.24, 2.45) is 0 Å². The number of pyridine rings is 1. The smallest absolute Gasteiger partial charge is 0.258 e. The summed E-state index contributed by atoms with van der Waals surface area (Å²) < 4.78 is 15.2. The monoisotopic (exact) mass is 270 g/mol. The Labute approximate surface area is 93.7 Å². The van der Waals surface area contributed by atoms with E-state index in [-0.39, 0.29) is 11.2 Å². The molecule has 78 valence electrons. The molecule has 0 aromatic carbocycles. The van der Waals surface area contributed by atoms with E-state index in [1.807, 2.05) is 6.92 Å². The number of aryl methyl sites for hydroxylation is 1. The highest BCUT2D eigenvalue weighted by atomic mass is 79.9. The Bertz CT molecular complexity index is 579. The number of hydrogen-bond acceptors (Lipinski definition) is 2. The van der Waals surface area contributed by atoms with Crippen molar-refractivity contribution in [2.45, 2.75) is 13.3 Å². The molecule has 0 N–H and O–H groups in total. The lowest BCUT2D eigenvalue weighted by molar-refractivity contribution is 0.624. The van der Waals surface area contributed by atoms with Gasteiger partial charge in [-0.1, -0.05) is 6.92 Å². The molecule has 0 amide bonds. The van der Waals surface area contributed by atoms with E-state index in [1.54, 1.807) is 0 Å². The molecular weight excluding hydrogens is 263 g/mol. The standard InChI is InChI=1S/C10H8BrFN2O/c1-2-7-4-9(15)14-5-6(11)3-8(12)10(14)13-7/h3-5H,2H2,1H3. The number of hydrogen-bond donors (Lipinski definition) is 0. The van der Waals surface area contributed by atoms with Crippen molar-refractivity contribution in [3.8, 4) is 0 Å². The summed E-state index contributed by atoms with van der Waals surface area (Å²) in [5.74, 6) is -0.503. The fraction of sp³-hybridized carbons (Fsp3) is 0.200. The summed E-state index contributed by atoms with van der Waals surface area (Å²) >= 11 is 3.13. The van der Waals surface area contributed by atoms with Crippen LogP contribution in [0.5, 0.6) is 0 Å². The molecule has 0 aliphatic carbocycles. The first-order valence-corrected chi connectivity index (χ1v) is 5.28. The summed E-state index contributed by atoms with van der Waals surface area (Å²) in [7, 11) is 0. The molecule has 15 heavy (non-hydrogen) atoms. The predicted molar refractivity (Wildman–Crippen MR) is 58.5 cm³/mol. The maximum Gasteiger partial charge on any atom is 0.258 e. The number of aromatic nitrogens is 2. The van der Waals surface area contributed by atoms with E-state index < -0.39 is 5.82 Å². The van der Waals surface area contributed by atoms with Gasteiger partial charge in [0, 0.05) is 22.4 Å². The minimum atomic E-state index is -0.503. The van der Waals surface area contributed by atoms with Crippen LogP contribution in [-0.4, -0.2) is 9.38 Å². The molecule has 0 fully saturated rings. The average Bonchev–Trinajstić information content (AvgIpc) is 2.19. The topological polar surface area (TPSA) is 34.4 Å². The zero-order valence-corrected chi connectivity index (χ0v) is 9.58. The van der Waals surface area contributed by atoms with Crippen molar-refractivity contribution in [3.05, 3.63) is 44.7 Å². The molecule has 0 aliphatic heterocycles. The van der Waals surface area contributed by atoms with Crippen molar-refractivity contribution in [1.29, 1.82) is 0 Å². The van der Waals surface area contributed by atoms with E-state index >= 15 is 0 Å². The van der Waals surface area contributed by atoms with Crippen molar-refractivity contribution >= 4 is 21.6 Å². The van der Waals surface area contributed by atoms with E-state index in [2.05, 4.69) is 20.9 Å². The largest absolute Gasteiger partial charge is 0.269 e. The molecule has 0 aliphatic rings. The maximum atomic E-state index is 13.5. The Kier molecular flexibility index (Phi) is 2.56. The summed E-state index contributed by atoms with van der Waals surface area (Å²) in [5.41, 5.74) is 0.404. The first-order valence-electron chi connectivity index (χ1n) is 4.49. The molecular formula is C10H8BrFN2O. The van der Waals surface area contributed by atoms with Crippen LogP contribution in [-0.2, 0) is 6.42 Å². The molecule has 0 saturated heterocycles. The zero-order chi connectivity index (χ0) is 11.0. The van der Waals surface area contributed by atoms with Crippen LogP contribution in [0.1, 0.15) is 12.6 Å². The second-order valence-electron chi connectivity index (χ2n) is 3.14. The third kappa shape index (κ3) is 1.79. The van der Waals surface area contributed by atoms with Gasteiger partial charge in [0.2, 0.25) is 0 Å². The summed E-state index contributed by atoms with van der Waals surface area (Å²) in [6.07, 6.45) is 2.12. The molecule has 2 aromatic rings. The maximum absolute atomic E-state index is 13.5. The third-order valence-corrected chi connectivity index (χ3v) is 2.53. The fourth-order valence-electron chi connectivity index (χ4n) is 1.36. The van der Waals surface area contributed by atoms with E-state index in [9.17, 15) is 9.18 Å². The molecule has 5 heteroatoms. The van der Waals surface area contributed by atoms with Gasteiger partial charge in [-0.15, -0.1) is 0 Å². The van der Waals surface area contributed by atoms with Gasteiger partial charge in [0.05, 0.1) is 0 Å². The van der Waals surface area contributed by atoms with Crippen LogP contribution in [0.25, 0.3) is 5.65 Å². The Morgan fingerprint density at radius 3 is 2.93 bits per heavy atom. The molecule has 0 radical (unpaired) electrons. The van der Waals surface area contributed by atoms with Crippen LogP contribution in [0.4, 0.5) is 4.39 Å². The second-order valence-corrected chi connectivity index (χ2v) is 4.05. The van der Waals surface area contributed by atoms with E-state index in [0.717, 1.165) is 0 Å². The van der Waals surface area contributed by atoms with E-state index in [4.69, 9.17) is 0 Å². The van der Waals surface area contributed by atoms with Crippen LogP contribution < -0.4 is 5.56 Å². The Balaban J connectivity index is 2.91. The minimum Gasteiger partial charge on any atom is -0.269 e. The van der Waals surface area contributed by atoms with Crippen molar-refractivity contribution < 1.29 is 4.39 Å². The first kappa shape index (κ1) is 10.3. The molecule has 3 nitrogen and oxygen atoms in total. The number of nitrogens with zero attached hydrogens (tertiary/aromatic N) is 2. The normalized spacial score (nSPS) is 10.9. The fourth-order valence-corrected chi connectivity index (χ4v) is 1.76. The summed E-state index contributed by atoms with van der Waals surface area (Å²) in [6.45, 7) is 1.87. The highest BCUT2D eigenvalue weighted by Crippen LogP contribution is 2.13. The zero-order valence-electron chi connectivity index (χ0n) is 8.00. The number of fused-ring (bicyclic) bond motifs is 1. The summed E-state index contributed by atoms with van der Waals surface area (Å²) in [4.78, 5) is 15.7. The van der Waals surface area contributed by atoms with Crippen LogP contribution in [0.2, 0.25) is 0 Å². The van der Waals surface area contributed by atoms with Crippen molar-refractivity contribution in [3.63, 3.8) is 0 Å². The van der Waals surface area contributed by atoms with Crippen LogP contribution in [0.15, 0.2) is 27.6 Å². The molecule has 0 bridgehead atoms. The lowest BCUT2D eigenvalue weighted by Gasteiger charge is -2.03. The molecule has 0 atom stereocenters. The molecule has 2 rings (SSSR count). The minimum absolute atomic E-state index is 0.0718. The van der Waals surface area contributed by atoms with Gasteiger partial charge >= 0.3 is 0 Å².